The van der Waals surface area contributed by atoms with Crippen molar-refractivity contribution in [2.75, 3.05) is 6.54 Å². The van der Waals surface area contributed by atoms with Gasteiger partial charge in [-0.3, -0.25) is 19.7 Å². The summed E-state index contributed by atoms with van der Waals surface area (Å²) in [5.41, 5.74) is 5.86. The van der Waals surface area contributed by atoms with Crippen LogP contribution in [0.25, 0.3) is 0 Å². The van der Waals surface area contributed by atoms with Crippen molar-refractivity contribution in [1.82, 2.24) is 9.88 Å². The number of amides is 2. The van der Waals surface area contributed by atoms with E-state index in [9.17, 15) is 14.4 Å². The Morgan fingerprint density at radius 2 is 2.17 bits per heavy atom. The van der Waals surface area contributed by atoms with E-state index in [0.717, 1.165) is 0 Å². The maximum Gasteiger partial charge on any atom is 0.250 e. The fourth-order valence-corrected chi connectivity index (χ4v) is 2.08. The van der Waals surface area contributed by atoms with E-state index in [2.05, 4.69) is 5.32 Å². The Morgan fingerprint density at radius 3 is 2.78 bits per heavy atom. The first-order chi connectivity index (χ1) is 8.61. The van der Waals surface area contributed by atoms with Gasteiger partial charge in [-0.15, -0.1) is 0 Å². The second-order valence-electron chi connectivity index (χ2n) is 4.28. The number of piperidine rings is 1. The predicted octanol–water partition coefficient (Wildman–Crippen LogP) is -0.673. The SMILES string of the molecule is NCCn1ccc(C2CCC(=O)NC2=O)cc1=O. The number of nitrogens with two attached hydrogens (primary N) is 1. The summed E-state index contributed by atoms with van der Waals surface area (Å²) in [4.78, 5) is 34.5. The van der Waals surface area contributed by atoms with Gasteiger partial charge in [0.1, 0.15) is 0 Å². The van der Waals surface area contributed by atoms with Crippen molar-refractivity contribution in [1.29, 1.82) is 0 Å². The molecule has 2 heterocycles. The van der Waals surface area contributed by atoms with Gasteiger partial charge in [0, 0.05) is 31.8 Å². The summed E-state index contributed by atoms with van der Waals surface area (Å²) in [5, 5.41) is 2.28. The second-order valence-corrected chi connectivity index (χ2v) is 4.28. The number of hydrogen-bond donors (Lipinski definition) is 2. The molecule has 0 aliphatic carbocycles. The van der Waals surface area contributed by atoms with Crippen LogP contribution in [0, 0.1) is 0 Å². The van der Waals surface area contributed by atoms with Gasteiger partial charge in [-0.05, 0) is 18.1 Å². The first-order valence-electron chi connectivity index (χ1n) is 5.86. The Labute approximate surface area is 104 Å². The van der Waals surface area contributed by atoms with E-state index in [0.29, 0.717) is 31.5 Å². The molecule has 6 heteroatoms. The van der Waals surface area contributed by atoms with Crippen LogP contribution in [0.2, 0.25) is 0 Å². The zero-order valence-electron chi connectivity index (χ0n) is 9.89. The molecule has 0 radical (unpaired) electrons. The predicted molar refractivity (Wildman–Crippen MR) is 64.9 cm³/mol. The van der Waals surface area contributed by atoms with E-state index >= 15 is 0 Å². The van der Waals surface area contributed by atoms with E-state index in [1.165, 1.54) is 10.6 Å². The minimum Gasteiger partial charge on any atom is -0.329 e. The minimum absolute atomic E-state index is 0.178. The summed E-state index contributed by atoms with van der Waals surface area (Å²) in [6.45, 7) is 0.839. The highest BCUT2D eigenvalue weighted by atomic mass is 16.2. The molecule has 6 nitrogen and oxygen atoms in total. The minimum atomic E-state index is -0.414. The van der Waals surface area contributed by atoms with Gasteiger partial charge in [-0.25, -0.2) is 0 Å². The number of carbonyl (C=O) groups is 2. The van der Waals surface area contributed by atoms with Crippen LogP contribution in [0.15, 0.2) is 23.1 Å². The van der Waals surface area contributed by atoms with Gasteiger partial charge < -0.3 is 10.3 Å². The molecule has 18 heavy (non-hydrogen) atoms. The molecule has 1 aliphatic rings. The molecule has 1 aromatic heterocycles. The monoisotopic (exact) mass is 249 g/mol. The lowest BCUT2D eigenvalue weighted by Crippen LogP contribution is -2.39. The Balaban J connectivity index is 2.24. The molecule has 1 atom stereocenters. The third kappa shape index (κ3) is 2.48. The molecule has 0 saturated carbocycles. The first-order valence-corrected chi connectivity index (χ1v) is 5.86. The molecule has 1 aromatic rings. The largest absolute Gasteiger partial charge is 0.329 e. The van der Waals surface area contributed by atoms with Gasteiger partial charge in [0.2, 0.25) is 11.8 Å². The first kappa shape index (κ1) is 12.5. The van der Waals surface area contributed by atoms with Crippen LogP contribution >= 0.6 is 0 Å². The van der Waals surface area contributed by atoms with Gasteiger partial charge in [-0.1, -0.05) is 0 Å². The number of nitrogens with zero attached hydrogens (tertiary/aromatic N) is 1. The molecule has 0 aromatic carbocycles. The van der Waals surface area contributed by atoms with Crippen molar-refractivity contribution in [3.63, 3.8) is 0 Å². The van der Waals surface area contributed by atoms with Crippen LogP contribution in [0.4, 0.5) is 0 Å². The lowest BCUT2D eigenvalue weighted by atomic mass is 9.91. The Hall–Kier alpha value is -1.95. The maximum atomic E-state index is 11.8. The second kappa shape index (κ2) is 5.14. The summed E-state index contributed by atoms with van der Waals surface area (Å²) in [6.07, 6.45) is 2.39. The summed E-state index contributed by atoms with van der Waals surface area (Å²) >= 11 is 0. The molecule has 0 bridgehead atoms. The van der Waals surface area contributed by atoms with Crippen LogP contribution in [-0.2, 0) is 16.1 Å². The topological polar surface area (TPSA) is 94.2 Å². The highest BCUT2D eigenvalue weighted by Gasteiger charge is 2.28. The lowest BCUT2D eigenvalue weighted by Gasteiger charge is -2.21. The zero-order chi connectivity index (χ0) is 13.1. The van der Waals surface area contributed by atoms with Crippen LogP contribution in [0.1, 0.15) is 24.3 Å². The quantitative estimate of drug-likeness (QED) is 0.694. The summed E-state index contributed by atoms with van der Waals surface area (Å²) in [5.74, 6) is -1.00. The van der Waals surface area contributed by atoms with Gasteiger partial charge >= 0.3 is 0 Å². The lowest BCUT2D eigenvalue weighted by molar-refractivity contribution is -0.134. The van der Waals surface area contributed by atoms with E-state index in [1.807, 2.05) is 0 Å². The molecule has 2 rings (SSSR count). The highest BCUT2D eigenvalue weighted by molar-refractivity contribution is 6.00. The highest BCUT2D eigenvalue weighted by Crippen LogP contribution is 2.23. The molecular weight excluding hydrogens is 234 g/mol. The number of pyridine rings is 1. The average Bonchev–Trinajstić information content (AvgIpc) is 2.32. The van der Waals surface area contributed by atoms with E-state index < -0.39 is 5.92 Å². The van der Waals surface area contributed by atoms with Crippen molar-refractivity contribution >= 4 is 11.8 Å². The fourth-order valence-electron chi connectivity index (χ4n) is 2.08. The molecule has 96 valence electrons. The zero-order valence-corrected chi connectivity index (χ0v) is 9.89. The average molecular weight is 249 g/mol. The van der Waals surface area contributed by atoms with E-state index in [-0.39, 0.29) is 17.4 Å². The van der Waals surface area contributed by atoms with Gasteiger partial charge in [0.15, 0.2) is 0 Å². The molecule has 1 aliphatic heterocycles. The molecular formula is C12H15N3O3. The van der Waals surface area contributed by atoms with Crippen LogP contribution in [-0.4, -0.2) is 22.9 Å². The summed E-state index contributed by atoms with van der Waals surface area (Å²) in [7, 11) is 0. The molecule has 3 N–H and O–H groups in total. The molecule has 1 unspecified atom stereocenters. The van der Waals surface area contributed by atoms with Crippen molar-refractivity contribution < 1.29 is 9.59 Å². The normalized spacial score (nSPS) is 19.7. The fraction of sp³-hybridized carbons (Fsp3) is 0.417. The number of carbonyl (C=O) groups excluding carboxylic acids is 2. The van der Waals surface area contributed by atoms with Gasteiger partial charge in [-0.2, -0.15) is 0 Å². The van der Waals surface area contributed by atoms with E-state index in [1.54, 1.807) is 12.3 Å². The molecule has 0 spiro atoms. The van der Waals surface area contributed by atoms with Gasteiger partial charge in [0.25, 0.3) is 5.56 Å². The standard InChI is InChI=1S/C12H15N3O3/c13-4-6-15-5-3-8(7-11(15)17)9-1-2-10(16)14-12(9)18/h3,5,7,9H,1-2,4,6,13H2,(H,14,16,18). The summed E-state index contributed by atoms with van der Waals surface area (Å²) < 4.78 is 1.50. The molecule has 2 amide bonds. The van der Waals surface area contributed by atoms with Crippen molar-refractivity contribution in [3.05, 3.63) is 34.2 Å². The van der Waals surface area contributed by atoms with Crippen molar-refractivity contribution in [2.24, 2.45) is 5.73 Å². The third-order valence-electron chi connectivity index (χ3n) is 3.03. The van der Waals surface area contributed by atoms with Crippen LogP contribution in [0.5, 0.6) is 0 Å². The number of hydrogen-bond acceptors (Lipinski definition) is 4. The number of rotatable bonds is 3. The Morgan fingerprint density at radius 1 is 1.39 bits per heavy atom. The summed E-state index contributed by atoms with van der Waals surface area (Å²) in [6, 6.07) is 3.17. The van der Waals surface area contributed by atoms with Crippen molar-refractivity contribution in [2.45, 2.75) is 25.3 Å². The van der Waals surface area contributed by atoms with E-state index in [4.69, 9.17) is 5.73 Å². The van der Waals surface area contributed by atoms with Crippen molar-refractivity contribution in [3.8, 4) is 0 Å². The molecule has 1 fully saturated rings. The number of nitrogens with one attached hydrogen (secondary N) is 1. The Kier molecular flexibility index (Phi) is 3.57. The smallest absolute Gasteiger partial charge is 0.250 e. The number of aromatic nitrogens is 1. The Bertz CT molecular complexity index is 536. The third-order valence-corrected chi connectivity index (χ3v) is 3.03. The maximum absolute atomic E-state index is 11.8. The number of imide groups is 1. The van der Waals surface area contributed by atoms with Gasteiger partial charge in [0.05, 0.1) is 5.92 Å². The molecule has 1 saturated heterocycles. The van der Waals surface area contributed by atoms with Crippen LogP contribution < -0.4 is 16.6 Å². The van der Waals surface area contributed by atoms with Crippen LogP contribution in [0.3, 0.4) is 0 Å².